The number of halogens is 3. The molecule has 0 aliphatic rings. The molecule has 0 fully saturated rings. The predicted molar refractivity (Wildman–Crippen MR) is 47.9 cm³/mol. The Kier molecular flexibility index (Phi) is 3.91. The summed E-state index contributed by atoms with van der Waals surface area (Å²) in [5.74, 6) is 0. The lowest BCUT2D eigenvalue weighted by Gasteiger charge is -2.07. The molecule has 0 saturated heterocycles. The number of hydrogen-bond donors (Lipinski definition) is 1. The maximum absolute atomic E-state index is 11.6. The Labute approximate surface area is 83.6 Å². The van der Waals surface area contributed by atoms with E-state index in [-0.39, 0.29) is 0 Å². The van der Waals surface area contributed by atoms with Crippen LogP contribution >= 0.6 is 11.3 Å². The first-order chi connectivity index (χ1) is 6.49. The van der Waals surface area contributed by atoms with Crippen LogP contribution in [0.5, 0.6) is 0 Å². The molecule has 1 aromatic rings. The van der Waals surface area contributed by atoms with E-state index < -0.39 is 12.8 Å². The number of thiophene rings is 1. The van der Waals surface area contributed by atoms with Crippen LogP contribution in [0.15, 0.2) is 11.4 Å². The minimum atomic E-state index is -4.28. The third-order valence-electron chi connectivity index (χ3n) is 1.54. The van der Waals surface area contributed by atoms with Gasteiger partial charge in [-0.2, -0.15) is 18.7 Å². The molecule has 1 heterocycles. The highest BCUT2D eigenvalue weighted by Gasteiger charge is 2.27. The van der Waals surface area contributed by atoms with Gasteiger partial charge >= 0.3 is 6.18 Å². The van der Waals surface area contributed by atoms with Crippen molar-refractivity contribution in [2.45, 2.75) is 19.6 Å². The summed E-state index contributed by atoms with van der Waals surface area (Å²) in [6.45, 7) is 0.939. The molecule has 0 aromatic carbocycles. The van der Waals surface area contributed by atoms with Crippen molar-refractivity contribution in [1.29, 1.82) is 0 Å². The molecule has 1 rings (SSSR count). The standard InChI is InChI=1S/C8H10F3NOS/c1-6-2-3-14-7(6)4-12-13-5-8(9,10)11/h2-3,12H,4-5H2,1H3. The number of alkyl halides is 3. The zero-order chi connectivity index (χ0) is 10.6. The van der Waals surface area contributed by atoms with Crippen LogP contribution in [0.1, 0.15) is 10.4 Å². The summed E-state index contributed by atoms with van der Waals surface area (Å²) in [7, 11) is 0. The van der Waals surface area contributed by atoms with Crippen LogP contribution in [0.2, 0.25) is 0 Å². The lowest BCUT2D eigenvalue weighted by Crippen LogP contribution is -2.24. The van der Waals surface area contributed by atoms with Crippen LogP contribution in [-0.2, 0) is 11.4 Å². The number of rotatable bonds is 4. The fourth-order valence-corrected chi connectivity index (χ4v) is 1.67. The Morgan fingerprint density at radius 3 is 2.71 bits per heavy atom. The largest absolute Gasteiger partial charge is 0.413 e. The third-order valence-corrected chi connectivity index (χ3v) is 2.56. The number of hydroxylamine groups is 1. The quantitative estimate of drug-likeness (QED) is 0.628. The Morgan fingerprint density at radius 1 is 1.50 bits per heavy atom. The van der Waals surface area contributed by atoms with Gasteiger partial charge in [0.05, 0.1) is 6.54 Å². The number of aryl methyl sites for hydroxylation is 1. The summed E-state index contributed by atoms with van der Waals surface area (Å²) in [6, 6.07) is 1.91. The van der Waals surface area contributed by atoms with Crippen molar-refractivity contribution >= 4 is 11.3 Å². The molecule has 0 radical (unpaired) electrons. The van der Waals surface area contributed by atoms with E-state index in [1.54, 1.807) is 0 Å². The summed E-state index contributed by atoms with van der Waals surface area (Å²) >= 11 is 1.48. The van der Waals surface area contributed by atoms with E-state index >= 15 is 0 Å². The van der Waals surface area contributed by atoms with Crippen molar-refractivity contribution in [3.63, 3.8) is 0 Å². The number of hydrogen-bond acceptors (Lipinski definition) is 3. The van der Waals surface area contributed by atoms with E-state index in [1.165, 1.54) is 11.3 Å². The van der Waals surface area contributed by atoms with Crippen molar-refractivity contribution in [2.75, 3.05) is 6.61 Å². The van der Waals surface area contributed by atoms with Gasteiger partial charge in [0.1, 0.15) is 0 Å². The van der Waals surface area contributed by atoms with Crippen LogP contribution in [0.4, 0.5) is 13.2 Å². The maximum atomic E-state index is 11.6. The third kappa shape index (κ3) is 4.08. The van der Waals surface area contributed by atoms with Crippen LogP contribution in [0, 0.1) is 6.92 Å². The van der Waals surface area contributed by atoms with Crippen LogP contribution in [-0.4, -0.2) is 12.8 Å². The first kappa shape index (κ1) is 11.5. The molecule has 80 valence electrons. The zero-order valence-electron chi connectivity index (χ0n) is 7.52. The van der Waals surface area contributed by atoms with Gasteiger partial charge in [-0.05, 0) is 23.9 Å². The fourth-order valence-electron chi connectivity index (χ4n) is 0.835. The van der Waals surface area contributed by atoms with E-state index in [1.807, 2.05) is 18.4 Å². The second kappa shape index (κ2) is 4.77. The van der Waals surface area contributed by atoms with E-state index in [0.29, 0.717) is 6.54 Å². The first-order valence-corrected chi connectivity index (χ1v) is 4.81. The Morgan fingerprint density at radius 2 is 2.21 bits per heavy atom. The molecular formula is C8H10F3NOS. The molecule has 0 saturated carbocycles. The Balaban J connectivity index is 2.20. The van der Waals surface area contributed by atoms with Crippen molar-refractivity contribution < 1.29 is 18.0 Å². The molecule has 1 aromatic heterocycles. The van der Waals surface area contributed by atoms with Gasteiger partial charge in [0, 0.05) is 4.88 Å². The second-order valence-corrected chi connectivity index (χ2v) is 3.75. The number of nitrogens with one attached hydrogen (secondary N) is 1. The molecule has 0 spiro atoms. The van der Waals surface area contributed by atoms with Gasteiger partial charge < -0.3 is 0 Å². The van der Waals surface area contributed by atoms with Gasteiger partial charge in [0.25, 0.3) is 0 Å². The second-order valence-electron chi connectivity index (χ2n) is 2.75. The van der Waals surface area contributed by atoms with E-state index in [2.05, 4.69) is 10.3 Å². The fraction of sp³-hybridized carbons (Fsp3) is 0.500. The molecule has 6 heteroatoms. The Hall–Kier alpha value is -0.590. The summed E-state index contributed by atoms with van der Waals surface area (Å²) in [5.41, 5.74) is 3.33. The van der Waals surface area contributed by atoms with Crippen LogP contribution < -0.4 is 5.48 Å². The molecule has 0 aliphatic heterocycles. The summed E-state index contributed by atoms with van der Waals surface area (Å²) in [6.07, 6.45) is -4.28. The molecule has 0 aliphatic carbocycles. The Bertz CT molecular complexity index is 284. The van der Waals surface area contributed by atoms with Crippen molar-refractivity contribution in [3.05, 3.63) is 21.9 Å². The van der Waals surface area contributed by atoms with E-state index in [4.69, 9.17) is 0 Å². The van der Waals surface area contributed by atoms with E-state index in [9.17, 15) is 13.2 Å². The molecule has 2 nitrogen and oxygen atoms in total. The van der Waals surface area contributed by atoms with Gasteiger partial charge in [0.2, 0.25) is 0 Å². The molecular weight excluding hydrogens is 215 g/mol. The monoisotopic (exact) mass is 225 g/mol. The predicted octanol–water partition coefficient (Wildman–Crippen LogP) is 2.64. The van der Waals surface area contributed by atoms with E-state index in [0.717, 1.165) is 10.4 Å². The molecule has 0 atom stereocenters. The maximum Gasteiger partial charge on any atom is 0.413 e. The summed E-state index contributed by atoms with van der Waals surface area (Å²) in [5, 5.41) is 1.89. The molecule has 0 bridgehead atoms. The first-order valence-electron chi connectivity index (χ1n) is 3.93. The van der Waals surface area contributed by atoms with Gasteiger partial charge in [-0.15, -0.1) is 11.3 Å². The molecule has 0 unspecified atom stereocenters. The van der Waals surface area contributed by atoms with Gasteiger partial charge in [-0.25, -0.2) is 0 Å². The minimum absolute atomic E-state index is 0.305. The lowest BCUT2D eigenvalue weighted by atomic mass is 10.3. The molecule has 0 amide bonds. The van der Waals surface area contributed by atoms with Crippen molar-refractivity contribution in [2.24, 2.45) is 0 Å². The zero-order valence-corrected chi connectivity index (χ0v) is 8.34. The topological polar surface area (TPSA) is 21.3 Å². The smallest absolute Gasteiger partial charge is 0.292 e. The van der Waals surface area contributed by atoms with Crippen molar-refractivity contribution in [3.8, 4) is 0 Å². The highest BCUT2D eigenvalue weighted by molar-refractivity contribution is 7.10. The minimum Gasteiger partial charge on any atom is -0.292 e. The summed E-state index contributed by atoms with van der Waals surface area (Å²) in [4.78, 5) is 5.24. The lowest BCUT2D eigenvalue weighted by molar-refractivity contribution is -0.190. The normalized spacial score (nSPS) is 12.0. The highest BCUT2D eigenvalue weighted by atomic mass is 32.1. The average molecular weight is 225 g/mol. The summed E-state index contributed by atoms with van der Waals surface area (Å²) < 4.78 is 34.9. The molecule has 1 N–H and O–H groups in total. The van der Waals surface area contributed by atoms with Gasteiger partial charge in [0.15, 0.2) is 6.61 Å². The average Bonchev–Trinajstić information content (AvgIpc) is 2.44. The SMILES string of the molecule is Cc1ccsc1CNOCC(F)(F)F. The molecule has 14 heavy (non-hydrogen) atoms. The van der Waals surface area contributed by atoms with Gasteiger partial charge in [-0.1, -0.05) is 0 Å². The van der Waals surface area contributed by atoms with Crippen LogP contribution in [0.3, 0.4) is 0 Å². The highest BCUT2D eigenvalue weighted by Crippen LogP contribution is 2.16. The van der Waals surface area contributed by atoms with Gasteiger partial charge in [-0.3, -0.25) is 4.84 Å². The van der Waals surface area contributed by atoms with Crippen molar-refractivity contribution in [1.82, 2.24) is 5.48 Å². The van der Waals surface area contributed by atoms with Crippen LogP contribution in [0.25, 0.3) is 0 Å².